The largest absolute Gasteiger partial charge is 0.464 e. The molecular formula is C15H10BrClN4O2. The van der Waals surface area contributed by atoms with E-state index in [1.807, 2.05) is 6.07 Å². The van der Waals surface area contributed by atoms with Gasteiger partial charge in [-0.15, -0.1) is 0 Å². The first kappa shape index (κ1) is 15.6. The fourth-order valence-corrected chi connectivity index (χ4v) is 2.70. The standard InChI is InChI=1S/C15H10BrClN4O2/c1-23-15(22)11-8-12(16)20-21(11)14-9(4-2-7-19-14)13-10(17)5-3-6-18-13/h2-8H,1H3. The average Bonchev–Trinajstić information content (AvgIpc) is 2.96. The molecule has 3 rings (SSSR count). The lowest BCUT2D eigenvalue weighted by Gasteiger charge is -2.11. The van der Waals surface area contributed by atoms with E-state index < -0.39 is 5.97 Å². The number of hydrogen-bond acceptors (Lipinski definition) is 5. The van der Waals surface area contributed by atoms with Crippen molar-refractivity contribution >= 4 is 33.5 Å². The van der Waals surface area contributed by atoms with E-state index in [1.54, 1.807) is 36.7 Å². The molecule has 0 spiro atoms. The number of methoxy groups -OCH3 is 1. The molecule has 6 nitrogen and oxygen atoms in total. The van der Waals surface area contributed by atoms with E-state index in [0.29, 0.717) is 26.7 Å². The highest BCUT2D eigenvalue weighted by Gasteiger charge is 2.21. The van der Waals surface area contributed by atoms with Gasteiger partial charge in [-0.25, -0.2) is 14.5 Å². The number of carbonyl (C=O) groups is 1. The number of ether oxygens (including phenoxy) is 1. The molecule has 0 radical (unpaired) electrons. The summed E-state index contributed by atoms with van der Waals surface area (Å²) in [4.78, 5) is 20.6. The van der Waals surface area contributed by atoms with Crippen LogP contribution in [0.5, 0.6) is 0 Å². The highest BCUT2D eigenvalue weighted by atomic mass is 79.9. The van der Waals surface area contributed by atoms with Crippen molar-refractivity contribution in [3.8, 4) is 17.1 Å². The highest BCUT2D eigenvalue weighted by molar-refractivity contribution is 9.10. The van der Waals surface area contributed by atoms with Gasteiger partial charge in [-0.1, -0.05) is 11.6 Å². The van der Waals surface area contributed by atoms with Crippen LogP contribution in [-0.4, -0.2) is 32.8 Å². The van der Waals surface area contributed by atoms with Crippen molar-refractivity contribution < 1.29 is 9.53 Å². The van der Waals surface area contributed by atoms with Crippen LogP contribution in [-0.2, 0) is 4.74 Å². The van der Waals surface area contributed by atoms with Crippen molar-refractivity contribution in [3.05, 3.63) is 58.0 Å². The first-order valence-electron chi connectivity index (χ1n) is 6.52. The molecule has 0 aromatic carbocycles. The summed E-state index contributed by atoms with van der Waals surface area (Å²) in [6.07, 6.45) is 3.24. The number of rotatable bonds is 3. The second-order valence-electron chi connectivity index (χ2n) is 4.46. The third-order valence-corrected chi connectivity index (χ3v) is 3.77. The molecule has 0 aliphatic heterocycles. The van der Waals surface area contributed by atoms with Crippen LogP contribution >= 0.6 is 27.5 Å². The molecule has 0 aliphatic carbocycles. The van der Waals surface area contributed by atoms with Crippen LogP contribution in [0.2, 0.25) is 5.02 Å². The lowest BCUT2D eigenvalue weighted by molar-refractivity contribution is 0.0590. The fraction of sp³-hybridized carbons (Fsp3) is 0.0667. The molecule has 0 saturated carbocycles. The summed E-state index contributed by atoms with van der Waals surface area (Å²) >= 11 is 9.50. The van der Waals surface area contributed by atoms with Crippen LogP contribution in [0.25, 0.3) is 17.1 Å². The topological polar surface area (TPSA) is 69.9 Å². The summed E-state index contributed by atoms with van der Waals surface area (Å²) in [5.74, 6) is -0.0916. The fourth-order valence-electron chi connectivity index (χ4n) is 2.10. The Hall–Kier alpha value is -2.25. The summed E-state index contributed by atoms with van der Waals surface area (Å²) in [5, 5.41) is 4.74. The van der Waals surface area contributed by atoms with Crippen LogP contribution < -0.4 is 0 Å². The third-order valence-electron chi connectivity index (χ3n) is 3.07. The SMILES string of the molecule is COC(=O)c1cc(Br)nn1-c1ncccc1-c1ncccc1Cl. The lowest BCUT2D eigenvalue weighted by Crippen LogP contribution is -2.12. The second kappa shape index (κ2) is 6.47. The summed E-state index contributed by atoms with van der Waals surface area (Å²) in [7, 11) is 1.31. The van der Waals surface area contributed by atoms with E-state index in [2.05, 4.69) is 31.0 Å². The van der Waals surface area contributed by atoms with Gasteiger partial charge in [0, 0.05) is 24.0 Å². The minimum atomic E-state index is -0.521. The van der Waals surface area contributed by atoms with Crippen LogP contribution in [0.1, 0.15) is 10.5 Å². The zero-order valence-corrected chi connectivity index (χ0v) is 14.2. The molecule has 0 N–H and O–H groups in total. The molecule has 0 unspecified atom stereocenters. The van der Waals surface area contributed by atoms with Crippen LogP contribution in [0.4, 0.5) is 0 Å². The van der Waals surface area contributed by atoms with Crippen molar-refractivity contribution in [2.24, 2.45) is 0 Å². The summed E-state index contributed by atoms with van der Waals surface area (Å²) < 4.78 is 6.68. The smallest absolute Gasteiger partial charge is 0.356 e. The van der Waals surface area contributed by atoms with Gasteiger partial charge in [0.15, 0.2) is 11.5 Å². The molecule has 116 valence electrons. The predicted octanol–water partition coefficient (Wildman–Crippen LogP) is 3.53. The van der Waals surface area contributed by atoms with Gasteiger partial charge in [0.1, 0.15) is 4.60 Å². The highest BCUT2D eigenvalue weighted by Crippen LogP contribution is 2.30. The van der Waals surface area contributed by atoms with Gasteiger partial charge in [-0.2, -0.15) is 5.10 Å². The molecule has 0 atom stereocenters. The van der Waals surface area contributed by atoms with E-state index in [9.17, 15) is 4.79 Å². The molecule has 3 aromatic heterocycles. The number of halogens is 2. The normalized spacial score (nSPS) is 10.6. The molecule has 0 fully saturated rings. The number of nitrogens with zero attached hydrogens (tertiary/aromatic N) is 4. The Kier molecular flexibility index (Phi) is 4.40. The molecule has 0 saturated heterocycles. The van der Waals surface area contributed by atoms with Crippen LogP contribution in [0.3, 0.4) is 0 Å². The molecule has 8 heteroatoms. The second-order valence-corrected chi connectivity index (χ2v) is 5.68. The molecule has 3 aromatic rings. The zero-order chi connectivity index (χ0) is 16.4. The summed E-state index contributed by atoms with van der Waals surface area (Å²) in [6.45, 7) is 0. The van der Waals surface area contributed by atoms with Gasteiger partial charge in [-0.3, -0.25) is 4.98 Å². The monoisotopic (exact) mass is 392 g/mol. The number of aromatic nitrogens is 4. The quantitative estimate of drug-likeness (QED) is 0.637. The van der Waals surface area contributed by atoms with E-state index in [4.69, 9.17) is 16.3 Å². The zero-order valence-electron chi connectivity index (χ0n) is 11.9. The maximum atomic E-state index is 12.0. The van der Waals surface area contributed by atoms with Gasteiger partial charge in [0.05, 0.1) is 17.8 Å². The minimum absolute atomic E-state index is 0.242. The van der Waals surface area contributed by atoms with Gasteiger partial charge in [0.25, 0.3) is 0 Å². The maximum Gasteiger partial charge on any atom is 0.356 e. The lowest BCUT2D eigenvalue weighted by atomic mass is 10.1. The average molecular weight is 394 g/mol. The van der Waals surface area contributed by atoms with E-state index in [-0.39, 0.29) is 5.69 Å². The molecule has 23 heavy (non-hydrogen) atoms. The van der Waals surface area contributed by atoms with Gasteiger partial charge in [0.2, 0.25) is 0 Å². The third kappa shape index (κ3) is 2.97. The van der Waals surface area contributed by atoms with E-state index >= 15 is 0 Å². The summed E-state index contributed by atoms with van der Waals surface area (Å²) in [5.41, 5.74) is 1.45. The Bertz CT molecular complexity index is 881. The van der Waals surface area contributed by atoms with Gasteiger partial charge in [-0.05, 0) is 40.2 Å². The maximum absolute atomic E-state index is 12.0. The summed E-state index contributed by atoms with van der Waals surface area (Å²) in [6, 6.07) is 8.62. The van der Waals surface area contributed by atoms with Crippen molar-refractivity contribution in [1.82, 2.24) is 19.7 Å². The first-order chi connectivity index (χ1) is 11.1. The van der Waals surface area contributed by atoms with Crippen LogP contribution in [0, 0.1) is 0 Å². The Morgan fingerprint density at radius 1 is 1.26 bits per heavy atom. The molecule has 3 heterocycles. The van der Waals surface area contributed by atoms with Crippen LogP contribution in [0.15, 0.2) is 47.3 Å². The molecule has 0 aliphatic rings. The first-order valence-corrected chi connectivity index (χ1v) is 7.69. The van der Waals surface area contributed by atoms with Crippen molar-refractivity contribution in [1.29, 1.82) is 0 Å². The number of hydrogen-bond donors (Lipinski definition) is 0. The Morgan fingerprint density at radius 3 is 2.74 bits per heavy atom. The van der Waals surface area contributed by atoms with Crippen molar-refractivity contribution in [3.63, 3.8) is 0 Å². The van der Waals surface area contributed by atoms with Gasteiger partial charge >= 0.3 is 5.97 Å². The Balaban J connectivity index is 2.24. The number of carbonyl (C=O) groups excluding carboxylic acids is 1. The predicted molar refractivity (Wildman–Crippen MR) is 88.6 cm³/mol. The number of esters is 1. The minimum Gasteiger partial charge on any atom is -0.464 e. The number of pyridine rings is 2. The van der Waals surface area contributed by atoms with E-state index in [0.717, 1.165) is 0 Å². The molecule has 0 amide bonds. The van der Waals surface area contributed by atoms with Gasteiger partial charge < -0.3 is 4.74 Å². The Morgan fingerprint density at radius 2 is 2.00 bits per heavy atom. The van der Waals surface area contributed by atoms with E-state index in [1.165, 1.54) is 11.8 Å². The van der Waals surface area contributed by atoms with Crippen molar-refractivity contribution in [2.45, 2.75) is 0 Å². The van der Waals surface area contributed by atoms with Crippen molar-refractivity contribution in [2.75, 3.05) is 7.11 Å². The Labute approximate surface area is 145 Å². The molecular weight excluding hydrogens is 384 g/mol. The molecule has 0 bridgehead atoms.